The second kappa shape index (κ2) is 5.56. The van der Waals surface area contributed by atoms with Gasteiger partial charge in [0.05, 0.1) is 0 Å². The highest BCUT2D eigenvalue weighted by Crippen LogP contribution is 2.20. The quantitative estimate of drug-likeness (QED) is 0.726. The number of rotatable bonds is 3. The third-order valence-electron chi connectivity index (χ3n) is 2.80. The number of likely N-dealkylation sites (tertiary alicyclic amines) is 1. The molecule has 0 aliphatic carbocycles. The molecule has 1 amide bonds. The van der Waals surface area contributed by atoms with E-state index in [-0.39, 0.29) is 12.5 Å². The van der Waals surface area contributed by atoms with Crippen molar-refractivity contribution in [2.45, 2.75) is 31.6 Å². The van der Waals surface area contributed by atoms with Crippen molar-refractivity contribution in [3.05, 3.63) is 0 Å². The fourth-order valence-electron chi connectivity index (χ4n) is 1.88. The molecule has 14 heavy (non-hydrogen) atoms. The van der Waals surface area contributed by atoms with E-state index < -0.39 is 5.38 Å². The van der Waals surface area contributed by atoms with Crippen LogP contribution in [0.15, 0.2) is 0 Å². The number of amides is 1. The zero-order valence-corrected chi connectivity index (χ0v) is 9.33. The molecule has 0 radical (unpaired) electrons. The molecule has 0 spiro atoms. The van der Waals surface area contributed by atoms with Crippen LogP contribution in [-0.2, 0) is 4.79 Å². The van der Waals surface area contributed by atoms with Crippen LogP contribution in [0.5, 0.6) is 0 Å². The summed E-state index contributed by atoms with van der Waals surface area (Å²) < 4.78 is 0. The summed E-state index contributed by atoms with van der Waals surface area (Å²) in [6.45, 7) is 3.55. The lowest BCUT2D eigenvalue weighted by Gasteiger charge is -2.32. The van der Waals surface area contributed by atoms with Gasteiger partial charge < -0.3 is 10.0 Å². The molecule has 0 aromatic carbocycles. The Balaban J connectivity index is 2.32. The van der Waals surface area contributed by atoms with Crippen molar-refractivity contribution in [2.75, 3.05) is 19.7 Å². The maximum absolute atomic E-state index is 11.5. The lowest BCUT2D eigenvalue weighted by atomic mass is 9.94. The van der Waals surface area contributed by atoms with Gasteiger partial charge in [-0.1, -0.05) is 0 Å². The maximum atomic E-state index is 11.5. The van der Waals surface area contributed by atoms with E-state index in [0.717, 1.165) is 32.4 Å². The summed E-state index contributed by atoms with van der Waals surface area (Å²) >= 11 is 5.73. The molecule has 1 saturated heterocycles. The molecule has 1 fully saturated rings. The number of piperidine rings is 1. The highest BCUT2D eigenvalue weighted by molar-refractivity contribution is 6.30. The standard InChI is InChI=1S/C10H18ClNO2/c1-8(11)10(14)12-5-2-9(3-6-12)4-7-13/h8-9,13H,2-7H2,1H3/t8-/m0/s1. The Hall–Kier alpha value is -0.280. The van der Waals surface area contributed by atoms with Crippen LogP contribution in [0.3, 0.4) is 0 Å². The number of carbonyl (C=O) groups excluding carboxylic acids is 1. The van der Waals surface area contributed by atoms with Gasteiger partial charge >= 0.3 is 0 Å². The molecular weight excluding hydrogens is 202 g/mol. The van der Waals surface area contributed by atoms with Gasteiger partial charge in [0, 0.05) is 19.7 Å². The molecule has 0 aromatic heterocycles. The van der Waals surface area contributed by atoms with E-state index in [4.69, 9.17) is 16.7 Å². The Bertz CT molecular complexity index is 189. The molecule has 1 aliphatic heterocycles. The van der Waals surface area contributed by atoms with E-state index in [1.54, 1.807) is 6.92 Å². The lowest BCUT2D eigenvalue weighted by molar-refractivity contribution is -0.131. The summed E-state index contributed by atoms with van der Waals surface area (Å²) in [5, 5.41) is 8.37. The van der Waals surface area contributed by atoms with Gasteiger partial charge in [-0.15, -0.1) is 11.6 Å². The van der Waals surface area contributed by atoms with E-state index in [0.29, 0.717) is 5.92 Å². The molecule has 0 aromatic rings. The fourth-order valence-corrected chi connectivity index (χ4v) is 2.01. The topological polar surface area (TPSA) is 40.5 Å². The molecule has 0 unspecified atom stereocenters. The summed E-state index contributed by atoms with van der Waals surface area (Å²) in [7, 11) is 0. The van der Waals surface area contributed by atoms with Gasteiger partial charge in [-0.2, -0.15) is 0 Å². The SMILES string of the molecule is C[C@H](Cl)C(=O)N1CCC(CCO)CC1. The van der Waals surface area contributed by atoms with Crippen molar-refractivity contribution >= 4 is 17.5 Å². The average Bonchev–Trinajstić information content (AvgIpc) is 2.18. The summed E-state index contributed by atoms with van der Waals surface area (Å²) in [6.07, 6.45) is 2.85. The van der Waals surface area contributed by atoms with Crippen LogP contribution in [0.1, 0.15) is 26.2 Å². The van der Waals surface area contributed by atoms with Gasteiger partial charge in [0.15, 0.2) is 0 Å². The van der Waals surface area contributed by atoms with Gasteiger partial charge in [0.2, 0.25) is 5.91 Å². The number of nitrogens with zero attached hydrogens (tertiary/aromatic N) is 1. The molecule has 1 rings (SSSR count). The average molecular weight is 220 g/mol. The van der Waals surface area contributed by atoms with E-state index in [2.05, 4.69) is 0 Å². The molecular formula is C10H18ClNO2. The largest absolute Gasteiger partial charge is 0.396 e. The Morgan fingerprint density at radius 2 is 2.14 bits per heavy atom. The molecule has 4 heteroatoms. The minimum absolute atomic E-state index is 0.0362. The smallest absolute Gasteiger partial charge is 0.240 e. The predicted molar refractivity (Wildman–Crippen MR) is 56.3 cm³/mol. The second-order valence-corrected chi connectivity index (χ2v) is 4.55. The molecule has 1 atom stereocenters. The molecule has 82 valence electrons. The van der Waals surface area contributed by atoms with Crippen LogP contribution in [0.2, 0.25) is 0 Å². The van der Waals surface area contributed by atoms with Crippen LogP contribution in [0, 0.1) is 5.92 Å². The van der Waals surface area contributed by atoms with E-state index in [9.17, 15) is 4.79 Å². The monoisotopic (exact) mass is 219 g/mol. The number of aliphatic hydroxyl groups is 1. The Kier molecular flexibility index (Phi) is 4.69. The minimum Gasteiger partial charge on any atom is -0.396 e. The van der Waals surface area contributed by atoms with Crippen molar-refractivity contribution in [3.63, 3.8) is 0 Å². The summed E-state index contributed by atoms with van der Waals surface area (Å²) in [5.41, 5.74) is 0. The number of halogens is 1. The number of alkyl halides is 1. The summed E-state index contributed by atoms with van der Waals surface area (Å²) in [6, 6.07) is 0. The maximum Gasteiger partial charge on any atom is 0.240 e. The van der Waals surface area contributed by atoms with Gasteiger partial charge in [-0.25, -0.2) is 0 Å². The molecule has 1 aliphatic rings. The number of hydrogen-bond donors (Lipinski definition) is 1. The number of carbonyl (C=O) groups is 1. The molecule has 1 heterocycles. The van der Waals surface area contributed by atoms with Gasteiger partial charge in [0.25, 0.3) is 0 Å². The first-order chi connectivity index (χ1) is 6.65. The van der Waals surface area contributed by atoms with E-state index in [1.165, 1.54) is 0 Å². The first-order valence-electron chi connectivity index (χ1n) is 5.19. The molecule has 0 bridgehead atoms. The molecule has 3 nitrogen and oxygen atoms in total. The third-order valence-corrected chi connectivity index (χ3v) is 2.99. The van der Waals surface area contributed by atoms with E-state index >= 15 is 0 Å². The lowest BCUT2D eigenvalue weighted by Crippen LogP contribution is -2.41. The zero-order valence-electron chi connectivity index (χ0n) is 8.58. The van der Waals surface area contributed by atoms with Crippen LogP contribution >= 0.6 is 11.6 Å². The minimum atomic E-state index is -0.413. The van der Waals surface area contributed by atoms with Crippen LogP contribution in [0.25, 0.3) is 0 Å². The van der Waals surface area contributed by atoms with Crippen molar-refractivity contribution < 1.29 is 9.90 Å². The van der Waals surface area contributed by atoms with Crippen LogP contribution < -0.4 is 0 Å². The van der Waals surface area contributed by atoms with Crippen LogP contribution in [-0.4, -0.2) is 41.0 Å². The van der Waals surface area contributed by atoms with Crippen molar-refractivity contribution in [2.24, 2.45) is 5.92 Å². The first-order valence-corrected chi connectivity index (χ1v) is 5.62. The first kappa shape index (κ1) is 11.8. The van der Waals surface area contributed by atoms with Crippen molar-refractivity contribution in [1.29, 1.82) is 0 Å². The summed E-state index contributed by atoms with van der Waals surface area (Å²) in [5.74, 6) is 0.615. The van der Waals surface area contributed by atoms with Crippen molar-refractivity contribution in [1.82, 2.24) is 4.90 Å². The number of aliphatic hydroxyl groups excluding tert-OH is 1. The Morgan fingerprint density at radius 1 is 1.57 bits per heavy atom. The van der Waals surface area contributed by atoms with Gasteiger partial charge in [0.1, 0.15) is 5.38 Å². The molecule has 1 N–H and O–H groups in total. The Morgan fingerprint density at radius 3 is 2.57 bits per heavy atom. The fraction of sp³-hybridized carbons (Fsp3) is 0.900. The van der Waals surface area contributed by atoms with Gasteiger partial charge in [-0.3, -0.25) is 4.79 Å². The van der Waals surface area contributed by atoms with Crippen LogP contribution in [0.4, 0.5) is 0 Å². The third kappa shape index (κ3) is 3.14. The Labute approximate surface area is 90.0 Å². The zero-order chi connectivity index (χ0) is 10.6. The summed E-state index contributed by atoms with van der Waals surface area (Å²) in [4.78, 5) is 13.3. The highest BCUT2D eigenvalue weighted by Gasteiger charge is 2.24. The number of hydrogen-bond acceptors (Lipinski definition) is 2. The molecule has 0 saturated carbocycles. The van der Waals surface area contributed by atoms with E-state index in [1.807, 2.05) is 4.90 Å². The van der Waals surface area contributed by atoms with Crippen molar-refractivity contribution in [3.8, 4) is 0 Å². The highest BCUT2D eigenvalue weighted by atomic mass is 35.5. The normalized spacial score (nSPS) is 20.9. The predicted octanol–water partition coefficient (Wildman–Crippen LogP) is 1.23. The van der Waals surface area contributed by atoms with Gasteiger partial charge in [-0.05, 0) is 32.1 Å². The second-order valence-electron chi connectivity index (χ2n) is 3.90.